The predicted octanol–water partition coefficient (Wildman–Crippen LogP) is -0.296. The number of hydrogen-bond donors (Lipinski definition) is 11. The molecule has 7 aliphatic rings. The van der Waals surface area contributed by atoms with E-state index in [1.807, 2.05) is 19.9 Å². The van der Waals surface area contributed by atoms with E-state index in [-0.39, 0.29) is 52.6 Å². The lowest BCUT2D eigenvalue weighted by molar-refractivity contribution is -0.340. The van der Waals surface area contributed by atoms with Gasteiger partial charge in [-0.25, -0.2) is 0 Å². The van der Waals surface area contributed by atoms with Gasteiger partial charge < -0.3 is 75.1 Å². The molecule has 15 heteroatoms. The van der Waals surface area contributed by atoms with E-state index in [0.717, 1.165) is 44.1 Å². The number of aliphatic hydroxyl groups excluding tert-OH is 11. The molecule has 0 aromatic rings. The largest absolute Gasteiger partial charge is 0.394 e. The van der Waals surface area contributed by atoms with Crippen LogP contribution in [0.3, 0.4) is 0 Å². The van der Waals surface area contributed by atoms with Crippen LogP contribution in [-0.2, 0) is 18.9 Å². The quantitative estimate of drug-likeness (QED) is 0.0894. The summed E-state index contributed by atoms with van der Waals surface area (Å²) in [6, 6.07) is 0. The zero-order valence-corrected chi connectivity index (χ0v) is 34.1. The van der Waals surface area contributed by atoms with Crippen LogP contribution < -0.4 is 0 Å². The van der Waals surface area contributed by atoms with Crippen molar-refractivity contribution >= 4 is 0 Å². The molecule has 57 heavy (non-hydrogen) atoms. The first-order valence-electron chi connectivity index (χ1n) is 21.3. The zero-order valence-electron chi connectivity index (χ0n) is 34.1. The van der Waals surface area contributed by atoms with Crippen LogP contribution in [-0.4, -0.2) is 162 Å². The Morgan fingerprint density at radius 2 is 1.32 bits per heavy atom. The summed E-state index contributed by atoms with van der Waals surface area (Å²) >= 11 is 0. The van der Waals surface area contributed by atoms with Crippen LogP contribution in [0, 0.1) is 50.7 Å². The van der Waals surface area contributed by atoms with Crippen LogP contribution in [0.15, 0.2) is 11.6 Å². The standard InChI is InChI=1S/C42H70O15/c1-20(15-43)6-7-22(46)21(2)29-23(47)14-40(5)27-9-8-26-38(3,19-54-36-34(52)32(50)30(48)24(16-44)55-36)28(57-37-35(53)33(51)31(49)25(17-45)56-37)10-11-41(26)18-42(27,41)13-12-39(29,40)4/h6,21-37,43-53H,7-19H2,1-5H3. The normalized spacial score (nSPS) is 54.6. The van der Waals surface area contributed by atoms with E-state index in [2.05, 4.69) is 20.8 Å². The second-order valence-corrected chi connectivity index (χ2v) is 20.0. The van der Waals surface area contributed by atoms with E-state index in [1.165, 1.54) is 0 Å². The summed E-state index contributed by atoms with van der Waals surface area (Å²) in [5.74, 6) is 0.0437. The Bertz CT molecular complexity index is 1460. The fourth-order valence-electron chi connectivity index (χ4n) is 14.3. The van der Waals surface area contributed by atoms with Gasteiger partial charge in [0.1, 0.15) is 48.8 Å². The van der Waals surface area contributed by atoms with Gasteiger partial charge >= 0.3 is 0 Å². The summed E-state index contributed by atoms with van der Waals surface area (Å²) in [6.07, 6.45) is -7.73. The molecule has 7 rings (SSSR count). The average Bonchev–Trinajstić information content (AvgIpc) is 3.80. The Morgan fingerprint density at radius 3 is 1.93 bits per heavy atom. The Balaban J connectivity index is 1.17. The van der Waals surface area contributed by atoms with E-state index in [9.17, 15) is 56.2 Å². The summed E-state index contributed by atoms with van der Waals surface area (Å²) in [6.45, 7) is 9.32. The molecule has 328 valence electrons. The minimum atomic E-state index is -1.62. The molecule has 22 unspecified atom stereocenters. The summed E-state index contributed by atoms with van der Waals surface area (Å²) in [4.78, 5) is 0. The third-order valence-corrected chi connectivity index (χ3v) is 17.6. The molecule has 2 heterocycles. The zero-order chi connectivity index (χ0) is 41.6. The van der Waals surface area contributed by atoms with Gasteiger partial charge in [0.15, 0.2) is 12.6 Å². The fourth-order valence-corrected chi connectivity index (χ4v) is 14.3. The second-order valence-electron chi connectivity index (χ2n) is 20.0. The van der Waals surface area contributed by atoms with Gasteiger partial charge in [0.2, 0.25) is 0 Å². The number of ether oxygens (including phenoxy) is 4. The summed E-state index contributed by atoms with van der Waals surface area (Å²) in [5, 5.41) is 117. The van der Waals surface area contributed by atoms with Gasteiger partial charge in [0.25, 0.3) is 0 Å². The highest BCUT2D eigenvalue weighted by molar-refractivity contribution is 5.31. The first kappa shape index (κ1) is 44.2. The molecule has 7 fully saturated rings. The maximum absolute atomic E-state index is 11.9. The number of aliphatic hydroxyl groups is 11. The predicted molar refractivity (Wildman–Crippen MR) is 202 cm³/mol. The molecule has 2 aliphatic heterocycles. The fraction of sp³-hybridized carbons (Fsp3) is 0.952. The first-order chi connectivity index (χ1) is 26.8. The van der Waals surface area contributed by atoms with Gasteiger partial charge in [-0.2, -0.15) is 0 Å². The van der Waals surface area contributed by atoms with Crippen LogP contribution in [0.25, 0.3) is 0 Å². The van der Waals surface area contributed by atoms with Crippen molar-refractivity contribution in [1.82, 2.24) is 0 Å². The number of hydrogen-bond acceptors (Lipinski definition) is 15. The SMILES string of the molecule is CC(=CCC(O)C(C)C1C(O)CC2(C)C3CCC4C(C)(COC5OC(CO)C(O)C(O)C5O)C(OC5OC(CO)C(O)C(O)C5O)CCC45CC35CCC12C)CO. The molecular weight excluding hydrogens is 744 g/mol. The maximum Gasteiger partial charge on any atom is 0.186 e. The molecule has 22 atom stereocenters. The third-order valence-electron chi connectivity index (χ3n) is 17.6. The second kappa shape index (κ2) is 15.8. The van der Waals surface area contributed by atoms with Crippen LogP contribution >= 0.6 is 0 Å². The average molecular weight is 815 g/mol. The van der Waals surface area contributed by atoms with Crippen LogP contribution in [0.1, 0.15) is 92.4 Å². The summed E-state index contributed by atoms with van der Waals surface area (Å²) in [7, 11) is 0. The maximum atomic E-state index is 11.9. The molecule has 0 aromatic carbocycles. The van der Waals surface area contributed by atoms with Crippen LogP contribution in [0.4, 0.5) is 0 Å². The molecule has 11 N–H and O–H groups in total. The highest BCUT2D eigenvalue weighted by Gasteiger charge is 2.83. The highest BCUT2D eigenvalue weighted by atomic mass is 16.7. The van der Waals surface area contributed by atoms with Gasteiger partial charge in [-0.15, -0.1) is 0 Å². The molecule has 2 spiro atoms. The summed E-state index contributed by atoms with van der Waals surface area (Å²) in [5.41, 5.74) is -0.597. The Morgan fingerprint density at radius 1 is 0.737 bits per heavy atom. The monoisotopic (exact) mass is 814 g/mol. The van der Waals surface area contributed by atoms with E-state index in [1.54, 1.807) is 0 Å². The molecule has 0 bridgehead atoms. The van der Waals surface area contributed by atoms with E-state index in [0.29, 0.717) is 25.2 Å². The van der Waals surface area contributed by atoms with Crippen molar-refractivity contribution in [3.63, 3.8) is 0 Å². The number of fused-ring (bicyclic) bond motifs is 2. The van der Waals surface area contributed by atoms with Gasteiger partial charge in [-0.05, 0) is 110 Å². The van der Waals surface area contributed by atoms with Crippen molar-refractivity contribution in [3.8, 4) is 0 Å². The molecule has 0 amide bonds. The molecule has 5 saturated carbocycles. The first-order valence-corrected chi connectivity index (χ1v) is 21.3. The highest BCUT2D eigenvalue weighted by Crippen LogP contribution is 2.89. The minimum Gasteiger partial charge on any atom is -0.394 e. The molecule has 5 aliphatic carbocycles. The molecule has 0 radical (unpaired) electrons. The minimum absolute atomic E-state index is 0.00662. The van der Waals surface area contributed by atoms with Gasteiger partial charge in [0.05, 0.1) is 44.7 Å². The van der Waals surface area contributed by atoms with E-state index >= 15 is 0 Å². The Labute approximate surface area is 335 Å². The van der Waals surface area contributed by atoms with Gasteiger partial charge in [0, 0.05) is 5.41 Å². The molecular formula is C42H70O15. The van der Waals surface area contributed by atoms with Gasteiger partial charge in [-0.1, -0.05) is 39.3 Å². The van der Waals surface area contributed by atoms with Crippen molar-refractivity contribution in [3.05, 3.63) is 11.6 Å². The third kappa shape index (κ3) is 6.64. The molecule has 0 aromatic heterocycles. The van der Waals surface area contributed by atoms with E-state index < -0.39 is 98.4 Å². The van der Waals surface area contributed by atoms with Gasteiger partial charge in [-0.3, -0.25) is 0 Å². The van der Waals surface area contributed by atoms with Crippen LogP contribution in [0.2, 0.25) is 0 Å². The smallest absolute Gasteiger partial charge is 0.186 e. The molecule has 15 nitrogen and oxygen atoms in total. The lowest BCUT2D eigenvalue weighted by Crippen LogP contribution is -2.63. The van der Waals surface area contributed by atoms with E-state index in [4.69, 9.17) is 18.9 Å². The van der Waals surface area contributed by atoms with Crippen molar-refractivity contribution in [1.29, 1.82) is 0 Å². The topological polar surface area (TPSA) is 259 Å². The van der Waals surface area contributed by atoms with Crippen molar-refractivity contribution in [2.24, 2.45) is 50.7 Å². The van der Waals surface area contributed by atoms with Crippen molar-refractivity contribution in [2.75, 3.05) is 26.4 Å². The Kier molecular flexibility index (Phi) is 12.3. The number of rotatable bonds is 12. The van der Waals surface area contributed by atoms with Crippen LogP contribution in [0.5, 0.6) is 0 Å². The lowest BCUT2D eigenvalue weighted by Gasteiger charge is -2.64. The van der Waals surface area contributed by atoms with Crippen molar-refractivity contribution < 1.29 is 75.1 Å². The lowest BCUT2D eigenvalue weighted by atomic mass is 9.41. The Hall–Kier alpha value is -0.860. The van der Waals surface area contributed by atoms with Crippen molar-refractivity contribution in [2.45, 2.75) is 172 Å². The summed E-state index contributed by atoms with van der Waals surface area (Å²) < 4.78 is 24.5. The molecule has 2 saturated heterocycles.